The number of nitrogen functional groups attached to an aromatic ring is 2. The van der Waals surface area contributed by atoms with Crippen molar-refractivity contribution in [1.82, 2.24) is 30.2 Å². The van der Waals surface area contributed by atoms with Crippen LogP contribution < -0.4 is 31.7 Å². The van der Waals surface area contributed by atoms with Crippen LogP contribution in [0.2, 0.25) is 0 Å². The van der Waals surface area contributed by atoms with E-state index in [1.54, 1.807) is 37.6 Å². The number of nitrogens with zero attached hydrogens (tertiary/aromatic N) is 6. The lowest BCUT2D eigenvalue weighted by molar-refractivity contribution is -0.140. The molecule has 3 aromatic carbocycles. The number of nitrogens with one attached hydrogen (secondary N) is 2. The Labute approximate surface area is 329 Å². The summed E-state index contributed by atoms with van der Waals surface area (Å²) in [5.74, 6) is -3.79. The minimum Gasteiger partial charge on any atom is -0.497 e. The Morgan fingerprint density at radius 2 is 1.64 bits per heavy atom. The molecule has 3 aromatic heterocycles. The fourth-order valence-electron chi connectivity index (χ4n) is 5.43. The highest BCUT2D eigenvalue weighted by atomic mass is 19.1. The second kappa shape index (κ2) is 18.6. The maximum absolute atomic E-state index is 14.5. The van der Waals surface area contributed by atoms with E-state index < -0.39 is 35.7 Å². The van der Waals surface area contributed by atoms with Crippen LogP contribution in [0.4, 0.5) is 33.3 Å². The van der Waals surface area contributed by atoms with E-state index in [4.69, 9.17) is 26.4 Å². The number of pyridine rings is 1. The number of aromatic carboxylic acids is 1. The summed E-state index contributed by atoms with van der Waals surface area (Å²) in [6, 6.07) is 20.0. The Hall–Kier alpha value is -7.96. The molecule has 0 unspecified atom stereocenters. The smallest absolute Gasteiger partial charge is 0.339 e. The molecule has 6 rings (SSSR count). The van der Waals surface area contributed by atoms with Crippen molar-refractivity contribution in [2.75, 3.05) is 35.8 Å². The van der Waals surface area contributed by atoms with Gasteiger partial charge < -0.3 is 47.1 Å². The highest BCUT2D eigenvalue weighted by Crippen LogP contribution is 2.29. The minimum atomic E-state index is -1.30. The van der Waals surface area contributed by atoms with Crippen molar-refractivity contribution in [3.8, 4) is 16.9 Å². The number of aliphatic carboxylic acids is 2. The van der Waals surface area contributed by atoms with Gasteiger partial charge in [0.05, 0.1) is 31.2 Å². The second-order valence-corrected chi connectivity index (χ2v) is 12.5. The van der Waals surface area contributed by atoms with Crippen molar-refractivity contribution in [2.45, 2.75) is 25.4 Å². The quantitative estimate of drug-likeness (QED) is 0.0793. The number of carbonyl (C=O) groups excluding carboxylic acids is 1. The number of fused-ring (bicyclic) bond motifs is 1. The first-order valence-corrected chi connectivity index (χ1v) is 17.2. The molecular formula is C39H37FN10O8. The van der Waals surface area contributed by atoms with Crippen molar-refractivity contribution in [3.05, 3.63) is 114 Å². The molecule has 1 atom stereocenters. The van der Waals surface area contributed by atoms with Gasteiger partial charge in [-0.05, 0) is 78.2 Å². The number of nitrogens with two attached hydrogens (primary N) is 2. The molecule has 298 valence electrons. The van der Waals surface area contributed by atoms with Crippen molar-refractivity contribution in [2.24, 2.45) is 0 Å². The third-order valence-corrected chi connectivity index (χ3v) is 8.38. The molecule has 0 aliphatic carbocycles. The van der Waals surface area contributed by atoms with Gasteiger partial charge in [-0.1, -0.05) is 18.2 Å². The van der Waals surface area contributed by atoms with Crippen LogP contribution in [0.15, 0.2) is 91.3 Å². The van der Waals surface area contributed by atoms with Crippen LogP contribution in [0, 0.1) is 5.82 Å². The fourth-order valence-corrected chi connectivity index (χ4v) is 5.43. The van der Waals surface area contributed by atoms with E-state index in [0.717, 1.165) is 11.3 Å². The third-order valence-electron chi connectivity index (χ3n) is 8.38. The lowest BCUT2D eigenvalue weighted by atomic mass is 10.0. The lowest BCUT2D eigenvalue weighted by Gasteiger charge is -2.19. The molecule has 0 bridgehead atoms. The molecule has 18 nitrogen and oxygen atoms in total. The maximum Gasteiger partial charge on any atom is 0.339 e. The standard InChI is InChI=1S/C20H22N8O5.C19H15FN2O3/c1-28(9-11-8-23-17-15(24-11)16(21)26-20(22)27-17)12-4-2-10(3-5-12)18(31)25-13(19(32)33)6-7-14(29)30;1-25-14-5-2-4-12(10-14)13-7-8-17(16(20)11-13)22-18-15(19(23)24)6-3-9-21-18/h2-5,8,13H,6-7,9H2,1H3,(H,25,31)(H,29,30)(H,32,33)(H4,21,22,23,26,27);2-11H,1H3,(H,21,22)(H,23,24)/t13-;/m0./s1. The predicted molar refractivity (Wildman–Crippen MR) is 211 cm³/mol. The van der Waals surface area contributed by atoms with Crippen LogP contribution in [0.3, 0.4) is 0 Å². The molecule has 0 saturated heterocycles. The zero-order chi connectivity index (χ0) is 41.9. The fraction of sp³-hybridized carbons (Fsp3) is 0.154. The average Bonchev–Trinajstić information content (AvgIpc) is 3.20. The number of carboxylic acid groups (broad SMARTS) is 3. The molecule has 0 spiro atoms. The van der Waals surface area contributed by atoms with E-state index in [1.807, 2.05) is 36.2 Å². The average molecular weight is 793 g/mol. The van der Waals surface area contributed by atoms with E-state index in [-0.39, 0.29) is 47.2 Å². The SMILES string of the molecule is CN(Cc1cnc2nc(N)nc(N)c2n1)c1ccc(C(=O)N[C@@H](CCC(=O)O)C(=O)O)cc1.COc1cccc(-c2ccc(Nc3ncccc3C(=O)O)c(F)c2)c1. The van der Waals surface area contributed by atoms with E-state index in [1.165, 1.54) is 36.5 Å². The van der Waals surface area contributed by atoms with Gasteiger partial charge in [-0.15, -0.1) is 0 Å². The number of amides is 1. The topological polar surface area (TPSA) is 282 Å². The summed E-state index contributed by atoms with van der Waals surface area (Å²) in [6.07, 6.45) is 2.41. The summed E-state index contributed by atoms with van der Waals surface area (Å²) in [5, 5.41) is 32.2. The molecule has 58 heavy (non-hydrogen) atoms. The Morgan fingerprint density at radius 3 is 2.31 bits per heavy atom. The Balaban J connectivity index is 0.000000229. The first-order chi connectivity index (χ1) is 27.7. The largest absolute Gasteiger partial charge is 0.497 e. The van der Waals surface area contributed by atoms with Crippen molar-refractivity contribution in [1.29, 1.82) is 0 Å². The number of halogens is 1. The van der Waals surface area contributed by atoms with E-state index in [9.17, 15) is 28.7 Å². The van der Waals surface area contributed by atoms with Gasteiger partial charge in [-0.2, -0.15) is 9.97 Å². The predicted octanol–water partition coefficient (Wildman–Crippen LogP) is 4.61. The summed E-state index contributed by atoms with van der Waals surface area (Å²) in [4.78, 5) is 67.9. The van der Waals surface area contributed by atoms with Crippen molar-refractivity contribution in [3.63, 3.8) is 0 Å². The summed E-state index contributed by atoms with van der Waals surface area (Å²) in [7, 11) is 3.38. The highest BCUT2D eigenvalue weighted by Gasteiger charge is 2.22. The minimum absolute atomic E-state index is 0.0138. The summed E-state index contributed by atoms with van der Waals surface area (Å²) < 4.78 is 19.6. The van der Waals surface area contributed by atoms with Gasteiger partial charge in [0.25, 0.3) is 5.91 Å². The van der Waals surface area contributed by atoms with Crippen LogP contribution in [0.1, 0.15) is 39.3 Å². The first kappa shape index (κ1) is 41.2. The van der Waals surface area contributed by atoms with Gasteiger partial charge in [0.15, 0.2) is 17.0 Å². The van der Waals surface area contributed by atoms with Gasteiger partial charge in [-0.25, -0.2) is 28.9 Å². The van der Waals surface area contributed by atoms with Crippen LogP contribution in [-0.4, -0.2) is 84.3 Å². The zero-order valence-electron chi connectivity index (χ0n) is 31.0. The van der Waals surface area contributed by atoms with Crippen LogP contribution in [0.25, 0.3) is 22.3 Å². The summed E-state index contributed by atoms with van der Waals surface area (Å²) in [5.41, 5.74) is 15.3. The zero-order valence-corrected chi connectivity index (χ0v) is 31.0. The summed E-state index contributed by atoms with van der Waals surface area (Å²) in [6.45, 7) is 0.370. The van der Waals surface area contributed by atoms with Crippen LogP contribution in [0.5, 0.6) is 5.75 Å². The number of carbonyl (C=O) groups is 4. The Kier molecular flexibility index (Phi) is 13.2. The van der Waals surface area contributed by atoms with Gasteiger partial charge in [0.2, 0.25) is 5.95 Å². The first-order valence-electron chi connectivity index (χ1n) is 17.2. The second-order valence-electron chi connectivity index (χ2n) is 12.5. The molecule has 0 fully saturated rings. The lowest BCUT2D eigenvalue weighted by Crippen LogP contribution is -2.41. The normalized spacial score (nSPS) is 11.1. The number of ether oxygens (including phenoxy) is 1. The molecule has 19 heteroatoms. The van der Waals surface area contributed by atoms with Crippen molar-refractivity contribution >= 4 is 63.9 Å². The molecule has 0 saturated carbocycles. The van der Waals surface area contributed by atoms with E-state index >= 15 is 0 Å². The van der Waals surface area contributed by atoms with Gasteiger partial charge in [0.1, 0.15) is 29.0 Å². The van der Waals surface area contributed by atoms with E-state index in [2.05, 4.69) is 35.6 Å². The molecule has 3 heterocycles. The maximum atomic E-state index is 14.5. The van der Waals surface area contributed by atoms with Crippen molar-refractivity contribution < 1.29 is 43.6 Å². The molecule has 0 aliphatic heterocycles. The highest BCUT2D eigenvalue weighted by molar-refractivity contribution is 5.97. The van der Waals surface area contributed by atoms with Crippen LogP contribution in [-0.2, 0) is 16.1 Å². The number of anilines is 5. The third kappa shape index (κ3) is 10.6. The van der Waals surface area contributed by atoms with Crippen LogP contribution >= 0.6 is 0 Å². The Morgan fingerprint density at radius 1 is 0.897 bits per heavy atom. The number of benzene rings is 3. The number of hydrogen-bond acceptors (Lipinski definition) is 14. The van der Waals surface area contributed by atoms with E-state index in [0.29, 0.717) is 34.7 Å². The monoisotopic (exact) mass is 792 g/mol. The molecular weight excluding hydrogens is 755 g/mol. The molecule has 6 aromatic rings. The molecule has 0 radical (unpaired) electrons. The molecule has 1 amide bonds. The number of aromatic nitrogens is 5. The van der Waals surface area contributed by atoms with Gasteiger partial charge in [0, 0.05) is 30.9 Å². The number of hydrogen-bond donors (Lipinski definition) is 7. The summed E-state index contributed by atoms with van der Waals surface area (Å²) >= 11 is 0. The number of carboxylic acids is 3. The molecule has 0 aliphatic rings. The van der Waals surface area contributed by atoms with Gasteiger partial charge in [-0.3, -0.25) is 9.59 Å². The Bertz CT molecular complexity index is 2470. The van der Waals surface area contributed by atoms with Gasteiger partial charge >= 0.3 is 17.9 Å². The number of methoxy groups -OCH3 is 1. The molecule has 9 N–H and O–H groups in total. The number of rotatable bonds is 14.